The molecular formula is C12H15NO4. The molecular weight excluding hydrogens is 222 g/mol. The number of ether oxygens (including phenoxy) is 2. The Morgan fingerprint density at radius 2 is 1.41 bits per heavy atom. The minimum atomic E-state index is -0.542. The molecule has 5 heteroatoms. The molecule has 0 bridgehead atoms. The molecule has 1 heterocycles. The minimum absolute atomic E-state index is 0.187. The molecule has 17 heavy (non-hydrogen) atoms. The van der Waals surface area contributed by atoms with E-state index in [1.54, 1.807) is 26.2 Å². The number of hydrogen-bond acceptors (Lipinski definition) is 5. The third-order valence-corrected chi connectivity index (χ3v) is 1.97. The van der Waals surface area contributed by atoms with Crippen LogP contribution in [0.1, 0.15) is 13.8 Å². The summed E-state index contributed by atoms with van der Waals surface area (Å²) in [7, 11) is 0. The lowest BCUT2D eigenvalue weighted by atomic mass is 10.1. The van der Waals surface area contributed by atoms with E-state index in [1.165, 1.54) is 12.2 Å². The molecule has 0 aromatic rings. The Kier molecular flexibility index (Phi) is 5.00. The Morgan fingerprint density at radius 1 is 1.00 bits per heavy atom. The maximum Gasteiger partial charge on any atom is 0.339 e. The molecule has 0 radical (unpaired) electrons. The first kappa shape index (κ1) is 13.0. The van der Waals surface area contributed by atoms with Crippen LogP contribution in [-0.4, -0.2) is 25.2 Å². The first-order valence-electron chi connectivity index (χ1n) is 5.38. The van der Waals surface area contributed by atoms with Crippen LogP contribution in [0.5, 0.6) is 0 Å². The van der Waals surface area contributed by atoms with Gasteiger partial charge in [0.05, 0.1) is 24.4 Å². The average Bonchev–Trinajstić information content (AvgIpc) is 2.54. The van der Waals surface area contributed by atoms with Gasteiger partial charge in [0.25, 0.3) is 0 Å². The highest BCUT2D eigenvalue weighted by Gasteiger charge is 2.20. The van der Waals surface area contributed by atoms with Crippen molar-refractivity contribution in [1.82, 2.24) is 5.32 Å². The van der Waals surface area contributed by atoms with E-state index in [1.807, 2.05) is 0 Å². The van der Waals surface area contributed by atoms with Crippen molar-refractivity contribution in [3.8, 4) is 0 Å². The molecule has 1 aliphatic heterocycles. The summed E-state index contributed by atoms with van der Waals surface area (Å²) >= 11 is 0. The normalized spacial score (nSPS) is 14.0. The standard InChI is InChI=1S/C12H15NO4/c1-3-16-11(14)9-5-7-13-8-6-10(9)12(15)17-4-2/h5-8,13H,3-4H2,1-2H3. The Morgan fingerprint density at radius 3 is 1.76 bits per heavy atom. The van der Waals surface area contributed by atoms with Crippen molar-refractivity contribution >= 4 is 11.9 Å². The fraction of sp³-hybridized carbons (Fsp3) is 0.333. The van der Waals surface area contributed by atoms with Gasteiger partial charge in [-0.1, -0.05) is 0 Å². The van der Waals surface area contributed by atoms with Crippen LogP contribution in [-0.2, 0) is 19.1 Å². The fourth-order valence-electron chi connectivity index (χ4n) is 1.27. The third-order valence-electron chi connectivity index (χ3n) is 1.97. The predicted octanol–water partition coefficient (Wildman–Crippen LogP) is 1.04. The number of hydrogen-bond donors (Lipinski definition) is 1. The van der Waals surface area contributed by atoms with E-state index in [9.17, 15) is 9.59 Å². The number of carbonyl (C=O) groups is 2. The predicted molar refractivity (Wildman–Crippen MR) is 61.7 cm³/mol. The van der Waals surface area contributed by atoms with Gasteiger partial charge < -0.3 is 14.8 Å². The second-order valence-electron chi connectivity index (χ2n) is 3.10. The molecule has 0 fully saturated rings. The summed E-state index contributed by atoms with van der Waals surface area (Å²) in [5.74, 6) is -1.08. The smallest absolute Gasteiger partial charge is 0.339 e. The summed E-state index contributed by atoms with van der Waals surface area (Å²) in [6.45, 7) is 3.92. The first-order valence-corrected chi connectivity index (χ1v) is 5.38. The Bertz CT molecular complexity index is 357. The molecule has 92 valence electrons. The first-order chi connectivity index (χ1) is 8.20. The van der Waals surface area contributed by atoms with Crippen molar-refractivity contribution in [2.75, 3.05) is 13.2 Å². The van der Waals surface area contributed by atoms with E-state index in [2.05, 4.69) is 5.32 Å². The second-order valence-corrected chi connectivity index (χ2v) is 3.10. The lowest BCUT2D eigenvalue weighted by Gasteiger charge is -2.07. The van der Waals surface area contributed by atoms with Gasteiger partial charge in [-0.2, -0.15) is 0 Å². The third kappa shape index (κ3) is 3.48. The summed E-state index contributed by atoms with van der Waals surface area (Å²) in [4.78, 5) is 23.3. The molecule has 0 aromatic heterocycles. The number of rotatable bonds is 4. The van der Waals surface area contributed by atoms with E-state index in [0.717, 1.165) is 0 Å². The zero-order valence-corrected chi connectivity index (χ0v) is 9.86. The molecule has 0 spiro atoms. The van der Waals surface area contributed by atoms with E-state index >= 15 is 0 Å². The number of esters is 2. The average molecular weight is 237 g/mol. The summed E-state index contributed by atoms with van der Waals surface area (Å²) in [5.41, 5.74) is 0.373. The molecule has 1 N–H and O–H groups in total. The molecule has 0 atom stereocenters. The van der Waals surface area contributed by atoms with Crippen molar-refractivity contribution in [3.05, 3.63) is 35.7 Å². The summed E-state index contributed by atoms with van der Waals surface area (Å²) in [6, 6.07) is 0. The van der Waals surface area contributed by atoms with Crippen LogP contribution in [0.4, 0.5) is 0 Å². The van der Waals surface area contributed by atoms with Crippen LogP contribution >= 0.6 is 0 Å². The zero-order valence-electron chi connectivity index (χ0n) is 9.86. The van der Waals surface area contributed by atoms with Crippen LogP contribution in [0.2, 0.25) is 0 Å². The van der Waals surface area contributed by atoms with Gasteiger partial charge in [0.2, 0.25) is 0 Å². The van der Waals surface area contributed by atoms with E-state index < -0.39 is 11.9 Å². The SMILES string of the molecule is CCOC(=O)C1=C(C(=O)OCC)C=CNC=C1. The summed E-state index contributed by atoms with van der Waals surface area (Å²) < 4.78 is 9.76. The van der Waals surface area contributed by atoms with Crippen molar-refractivity contribution in [2.24, 2.45) is 0 Å². The lowest BCUT2D eigenvalue weighted by Crippen LogP contribution is -2.14. The topological polar surface area (TPSA) is 64.6 Å². The lowest BCUT2D eigenvalue weighted by molar-refractivity contribution is -0.141. The molecule has 5 nitrogen and oxygen atoms in total. The van der Waals surface area contributed by atoms with Gasteiger partial charge >= 0.3 is 11.9 Å². The van der Waals surface area contributed by atoms with Crippen molar-refractivity contribution in [1.29, 1.82) is 0 Å². The van der Waals surface area contributed by atoms with Gasteiger partial charge in [-0.15, -0.1) is 0 Å². The number of carbonyl (C=O) groups excluding carboxylic acids is 2. The summed E-state index contributed by atoms with van der Waals surface area (Å²) in [5, 5.41) is 2.78. The van der Waals surface area contributed by atoms with Gasteiger partial charge in [0, 0.05) is 12.4 Å². The minimum Gasteiger partial charge on any atom is -0.462 e. The van der Waals surface area contributed by atoms with Crippen LogP contribution in [0.25, 0.3) is 0 Å². The Labute approximate surface area is 99.8 Å². The molecule has 0 aliphatic carbocycles. The zero-order chi connectivity index (χ0) is 12.7. The van der Waals surface area contributed by atoms with Crippen molar-refractivity contribution in [2.45, 2.75) is 13.8 Å². The van der Waals surface area contributed by atoms with Gasteiger partial charge in [-0.3, -0.25) is 0 Å². The van der Waals surface area contributed by atoms with Crippen LogP contribution in [0.3, 0.4) is 0 Å². The highest BCUT2D eigenvalue weighted by atomic mass is 16.5. The van der Waals surface area contributed by atoms with Gasteiger partial charge in [0.1, 0.15) is 0 Å². The molecule has 1 rings (SSSR count). The Balaban J connectivity index is 3.07. The Hall–Kier alpha value is -2.04. The largest absolute Gasteiger partial charge is 0.462 e. The quantitative estimate of drug-likeness (QED) is 0.740. The summed E-state index contributed by atoms with van der Waals surface area (Å²) in [6.07, 6.45) is 6.08. The van der Waals surface area contributed by atoms with Gasteiger partial charge in [-0.25, -0.2) is 9.59 Å². The highest BCUT2D eigenvalue weighted by molar-refractivity contribution is 6.04. The van der Waals surface area contributed by atoms with Gasteiger partial charge in [0.15, 0.2) is 0 Å². The van der Waals surface area contributed by atoms with E-state index in [0.29, 0.717) is 0 Å². The van der Waals surface area contributed by atoms with Gasteiger partial charge in [-0.05, 0) is 26.0 Å². The molecule has 1 aliphatic rings. The molecule has 0 aromatic carbocycles. The monoisotopic (exact) mass is 237 g/mol. The molecule has 0 amide bonds. The van der Waals surface area contributed by atoms with E-state index in [4.69, 9.17) is 9.47 Å². The molecule has 0 saturated heterocycles. The fourth-order valence-corrected chi connectivity index (χ4v) is 1.27. The molecule has 0 unspecified atom stereocenters. The van der Waals surface area contributed by atoms with Crippen LogP contribution < -0.4 is 5.32 Å². The van der Waals surface area contributed by atoms with Crippen molar-refractivity contribution in [3.63, 3.8) is 0 Å². The maximum absolute atomic E-state index is 11.7. The van der Waals surface area contributed by atoms with Crippen LogP contribution in [0, 0.1) is 0 Å². The van der Waals surface area contributed by atoms with E-state index in [-0.39, 0.29) is 24.4 Å². The second kappa shape index (κ2) is 6.52. The molecule has 0 saturated carbocycles. The maximum atomic E-state index is 11.7. The highest BCUT2D eigenvalue weighted by Crippen LogP contribution is 2.14. The van der Waals surface area contributed by atoms with Crippen molar-refractivity contribution < 1.29 is 19.1 Å². The number of nitrogens with one attached hydrogen (secondary N) is 1. The van der Waals surface area contributed by atoms with Crippen LogP contribution in [0.15, 0.2) is 35.7 Å².